The van der Waals surface area contributed by atoms with Gasteiger partial charge in [-0.2, -0.15) is 5.10 Å². The van der Waals surface area contributed by atoms with Crippen LogP contribution in [0.5, 0.6) is 5.75 Å². The molecule has 1 amide bonds. The maximum Gasteiger partial charge on any atom is 0.343 e. The molecule has 1 N–H and O–H groups in total. The molecule has 0 atom stereocenters. The molecule has 0 fully saturated rings. The summed E-state index contributed by atoms with van der Waals surface area (Å²) in [5.41, 5.74) is 4.80. The number of rotatable bonds is 5. The lowest BCUT2D eigenvalue weighted by molar-refractivity contribution is 0.0734. The number of esters is 1. The van der Waals surface area contributed by atoms with Gasteiger partial charge in [0.05, 0.1) is 11.8 Å². The average Bonchev–Trinajstić information content (AvgIpc) is 2.70. The van der Waals surface area contributed by atoms with Crippen LogP contribution in [-0.4, -0.2) is 18.1 Å². The van der Waals surface area contributed by atoms with Crippen LogP contribution in [0.15, 0.2) is 76.3 Å². The summed E-state index contributed by atoms with van der Waals surface area (Å²) in [6.45, 7) is 1.90. The van der Waals surface area contributed by atoms with Crippen LogP contribution in [0.4, 0.5) is 0 Å². The second-order valence-electron chi connectivity index (χ2n) is 6.15. The Morgan fingerprint density at radius 3 is 2.52 bits per heavy atom. The van der Waals surface area contributed by atoms with Crippen molar-refractivity contribution in [1.82, 2.24) is 5.43 Å². The van der Waals surface area contributed by atoms with Gasteiger partial charge < -0.3 is 4.74 Å². The highest BCUT2D eigenvalue weighted by Gasteiger charge is 2.12. The Balaban J connectivity index is 1.74. The number of hydrogen-bond acceptors (Lipinski definition) is 4. The van der Waals surface area contributed by atoms with E-state index in [1.165, 1.54) is 6.21 Å². The SMILES string of the molecule is Cc1cccc(C(=O)Oc2ccc(Br)cc2/C=N/NC(=O)c2ccc(Cl)cc2)c1. The predicted molar refractivity (Wildman–Crippen MR) is 117 cm³/mol. The normalized spacial score (nSPS) is 10.7. The third kappa shape index (κ3) is 5.76. The van der Waals surface area contributed by atoms with E-state index in [0.717, 1.165) is 10.0 Å². The summed E-state index contributed by atoms with van der Waals surface area (Å²) in [7, 11) is 0. The fourth-order valence-electron chi connectivity index (χ4n) is 2.47. The summed E-state index contributed by atoms with van der Waals surface area (Å²) in [6, 6.07) is 18.7. The van der Waals surface area contributed by atoms with Crippen LogP contribution >= 0.6 is 27.5 Å². The maximum atomic E-state index is 12.4. The van der Waals surface area contributed by atoms with Crippen LogP contribution in [0.3, 0.4) is 0 Å². The van der Waals surface area contributed by atoms with Gasteiger partial charge >= 0.3 is 5.97 Å². The first-order valence-corrected chi connectivity index (χ1v) is 9.77. The summed E-state index contributed by atoms with van der Waals surface area (Å²) in [6.07, 6.45) is 1.41. The fourth-order valence-corrected chi connectivity index (χ4v) is 2.98. The highest BCUT2D eigenvalue weighted by atomic mass is 79.9. The van der Waals surface area contributed by atoms with Crippen molar-refractivity contribution in [3.05, 3.63) is 98.5 Å². The Morgan fingerprint density at radius 1 is 1.03 bits per heavy atom. The number of ether oxygens (including phenoxy) is 1. The van der Waals surface area contributed by atoms with Crippen LogP contribution in [-0.2, 0) is 0 Å². The van der Waals surface area contributed by atoms with Crippen molar-refractivity contribution < 1.29 is 14.3 Å². The molecule has 0 heterocycles. The first kappa shape index (κ1) is 20.8. The van der Waals surface area contributed by atoms with Crippen LogP contribution in [0.25, 0.3) is 0 Å². The lowest BCUT2D eigenvalue weighted by Gasteiger charge is -2.08. The van der Waals surface area contributed by atoms with E-state index in [-0.39, 0.29) is 5.91 Å². The second-order valence-corrected chi connectivity index (χ2v) is 7.50. The number of nitrogens with one attached hydrogen (secondary N) is 1. The lowest BCUT2D eigenvalue weighted by atomic mass is 10.1. The molecule has 0 bridgehead atoms. The van der Waals surface area contributed by atoms with Crippen LogP contribution in [0.2, 0.25) is 5.02 Å². The van der Waals surface area contributed by atoms with Gasteiger partial charge in [-0.15, -0.1) is 0 Å². The predicted octanol–water partition coefficient (Wildman–Crippen LogP) is 5.39. The number of hydrogen-bond donors (Lipinski definition) is 1. The Hall–Kier alpha value is -2.96. The molecule has 3 aromatic rings. The van der Waals surface area contributed by atoms with Crippen LogP contribution in [0.1, 0.15) is 31.8 Å². The third-order valence-corrected chi connectivity index (χ3v) is 4.65. The molecule has 5 nitrogen and oxygen atoms in total. The van der Waals surface area contributed by atoms with Crippen LogP contribution in [0, 0.1) is 6.92 Å². The van der Waals surface area contributed by atoms with Gasteiger partial charge in [0.2, 0.25) is 0 Å². The number of nitrogens with zero attached hydrogens (tertiary/aromatic N) is 1. The summed E-state index contributed by atoms with van der Waals surface area (Å²) < 4.78 is 6.29. The van der Waals surface area contributed by atoms with E-state index in [4.69, 9.17) is 16.3 Å². The molecule has 146 valence electrons. The zero-order chi connectivity index (χ0) is 20.8. The number of carbonyl (C=O) groups excluding carboxylic acids is 2. The molecular weight excluding hydrogens is 456 g/mol. The van der Waals surface area contributed by atoms with Gasteiger partial charge in [0.15, 0.2) is 0 Å². The molecule has 3 aromatic carbocycles. The standard InChI is InChI=1S/C22H16BrClN2O3/c1-14-3-2-4-16(11-14)22(28)29-20-10-7-18(23)12-17(20)13-25-26-21(27)15-5-8-19(24)9-6-15/h2-13H,1H3,(H,26,27)/b25-13+. The van der Waals surface area contributed by atoms with E-state index in [1.54, 1.807) is 60.7 Å². The highest BCUT2D eigenvalue weighted by molar-refractivity contribution is 9.10. The van der Waals surface area contributed by atoms with E-state index in [2.05, 4.69) is 26.5 Å². The number of amides is 1. The van der Waals surface area contributed by atoms with Crippen molar-refractivity contribution in [2.75, 3.05) is 0 Å². The molecule has 0 radical (unpaired) electrons. The van der Waals surface area contributed by atoms with Gasteiger partial charge in [-0.25, -0.2) is 10.2 Å². The summed E-state index contributed by atoms with van der Waals surface area (Å²) in [4.78, 5) is 24.6. The molecule has 29 heavy (non-hydrogen) atoms. The first-order valence-electron chi connectivity index (χ1n) is 8.60. The van der Waals surface area contributed by atoms with Crippen molar-refractivity contribution in [2.24, 2.45) is 5.10 Å². The minimum atomic E-state index is -0.476. The molecule has 0 aliphatic rings. The van der Waals surface area contributed by atoms with Gasteiger partial charge in [-0.3, -0.25) is 4.79 Å². The van der Waals surface area contributed by atoms with Crippen LogP contribution < -0.4 is 10.2 Å². The topological polar surface area (TPSA) is 67.8 Å². The summed E-state index contributed by atoms with van der Waals surface area (Å²) in [5.74, 6) is -0.536. The zero-order valence-electron chi connectivity index (χ0n) is 15.4. The van der Waals surface area contributed by atoms with Gasteiger partial charge in [0, 0.05) is 20.6 Å². The van der Waals surface area contributed by atoms with E-state index in [0.29, 0.717) is 27.5 Å². The monoisotopic (exact) mass is 470 g/mol. The smallest absolute Gasteiger partial charge is 0.343 e. The van der Waals surface area contributed by atoms with Gasteiger partial charge in [-0.05, 0) is 61.5 Å². The minimum absolute atomic E-state index is 0.323. The highest BCUT2D eigenvalue weighted by Crippen LogP contribution is 2.23. The maximum absolute atomic E-state index is 12.4. The van der Waals surface area contributed by atoms with E-state index < -0.39 is 5.97 Å². The Kier molecular flexibility index (Phi) is 6.80. The molecule has 0 aliphatic heterocycles. The molecule has 0 unspecified atom stereocenters. The number of benzene rings is 3. The quantitative estimate of drug-likeness (QED) is 0.235. The number of carbonyl (C=O) groups is 2. The van der Waals surface area contributed by atoms with Crippen molar-refractivity contribution >= 4 is 45.6 Å². The van der Waals surface area contributed by atoms with E-state index in [1.807, 2.05) is 13.0 Å². The third-order valence-electron chi connectivity index (χ3n) is 3.90. The van der Waals surface area contributed by atoms with E-state index in [9.17, 15) is 9.59 Å². The summed E-state index contributed by atoms with van der Waals surface area (Å²) in [5, 5.41) is 4.51. The minimum Gasteiger partial charge on any atom is -0.422 e. The summed E-state index contributed by atoms with van der Waals surface area (Å²) >= 11 is 9.20. The lowest BCUT2D eigenvalue weighted by Crippen LogP contribution is -2.17. The molecule has 0 saturated heterocycles. The fraction of sp³-hybridized carbons (Fsp3) is 0.0455. The van der Waals surface area contributed by atoms with Crippen molar-refractivity contribution in [3.8, 4) is 5.75 Å². The van der Waals surface area contributed by atoms with E-state index >= 15 is 0 Å². The molecule has 7 heteroatoms. The molecule has 0 aliphatic carbocycles. The molecule has 0 saturated carbocycles. The molecule has 0 spiro atoms. The van der Waals surface area contributed by atoms with Gasteiger partial charge in [0.25, 0.3) is 5.91 Å². The van der Waals surface area contributed by atoms with Crippen molar-refractivity contribution in [3.63, 3.8) is 0 Å². The van der Waals surface area contributed by atoms with Gasteiger partial charge in [0.1, 0.15) is 5.75 Å². The Labute approximate surface area is 181 Å². The Morgan fingerprint density at radius 2 is 1.79 bits per heavy atom. The molecular formula is C22H16BrClN2O3. The zero-order valence-corrected chi connectivity index (χ0v) is 17.7. The van der Waals surface area contributed by atoms with Gasteiger partial charge in [-0.1, -0.05) is 45.2 Å². The number of hydrazone groups is 1. The van der Waals surface area contributed by atoms with Crippen molar-refractivity contribution in [1.29, 1.82) is 0 Å². The Bertz CT molecular complexity index is 1080. The van der Waals surface area contributed by atoms with Crippen molar-refractivity contribution in [2.45, 2.75) is 6.92 Å². The average molecular weight is 472 g/mol. The molecule has 0 aromatic heterocycles. The largest absolute Gasteiger partial charge is 0.422 e. The second kappa shape index (κ2) is 9.49. The molecule has 3 rings (SSSR count). The number of aryl methyl sites for hydroxylation is 1. The number of halogens is 2. The first-order chi connectivity index (χ1) is 13.9.